The molecular formula is C30H29NO3. The summed E-state index contributed by atoms with van der Waals surface area (Å²) in [6.45, 7) is 1.05. The molecule has 0 bridgehead atoms. The van der Waals surface area contributed by atoms with Crippen LogP contribution in [0.15, 0.2) is 103 Å². The first kappa shape index (κ1) is 23.1. The molecule has 0 radical (unpaired) electrons. The van der Waals surface area contributed by atoms with Gasteiger partial charge in [0.1, 0.15) is 18.1 Å². The second-order valence-electron chi connectivity index (χ2n) is 8.06. The lowest BCUT2D eigenvalue weighted by molar-refractivity contribution is 0.0953. The van der Waals surface area contributed by atoms with Gasteiger partial charge >= 0.3 is 0 Å². The fourth-order valence-corrected chi connectivity index (χ4v) is 3.80. The minimum Gasteiger partial charge on any atom is -0.497 e. The largest absolute Gasteiger partial charge is 0.497 e. The summed E-state index contributed by atoms with van der Waals surface area (Å²) in [5.74, 6) is 1.33. The van der Waals surface area contributed by atoms with E-state index in [2.05, 4.69) is 17.4 Å². The summed E-state index contributed by atoms with van der Waals surface area (Å²) in [6, 6.07) is 33.7. The molecule has 4 nitrogen and oxygen atoms in total. The molecule has 4 aromatic rings. The topological polar surface area (TPSA) is 47.6 Å². The smallest absolute Gasteiger partial charge is 0.252 e. The lowest BCUT2D eigenvalue weighted by Gasteiger charge is -2.14. The number of hydrogen-bond acceptors (Lipinski definition) is 3. The summed E-state index contributed by atoms with van der Waals surface area (Å²) in [4.78, 5) is 13.2. The summed E-state index contributed by atoms with van der Waals surface area (Å²) in [5.41, 5.74) is 4.75. The molecule has 0 unspecified atom stereocenters. The van der Waals surface area contributed by atoms with E-state index >= 15 is 0 Å². The number of hydrogen-bond donors (Lipinski definition) is 1. The van der Waals surface area contributed by atoms with Gasteiger partial charge in [0.2, 0.25) is 0 Å². The molecule has 1 amide bonds. The molecule has 0 atom stereocenters. The predicted octanol–water partition coefficient (Wildman–Crippen LogP) is 6.30. The molecule has 0 heterocycles. The van der Waals surface area contributed by atoms with Crippen molar-refractivity contribution in [3.05, 3.63) is 120 Å². The second-order valence-corrected chi connectivity index (χ2v) is 8.06. The van der Waals surface area contributed by atoms with E-state index < -0.39 is 0 Å². The quantitative estimate of drug-likeness (QED) is 0.288. The Morgan fingerprint density at radius 2 is 1.41 bits per heavy atom. The van der Waals surface area contributed by atoms with Crippen LogP contribution in [-0.2, 0) is 13.0 Å². The molecule has 4 heteroatoms. The maximum absolute atomic E-state index is 13.2. The lowest BCUT2D eigenvalue weighted by Crippen LogP contribution is -2.25. The highest BCUT2D eigenvalue weighted by atomic mass is 16.5. The fraction of sp³-hybridized carbons (Fsp3) is 0.167. The van der Waals surface area contributed by atoms with Gasteiger partial charge in [-0.1, -0.05) is 72.8 Å². The van der Waals surface area contributed by atoms with Gasteiger partial charge in [-0.3, -0.25) is 4.79 Å². The molecule has 0 spiro atoms. The van der Waals surface area contributed by atoms with Gasteiger partial charge in [-0.2, -0.15) is 0 Å². The number of nitrogens with one attached hydrogen (secondary N) is 1. The van der Waals surface area contributed by atoms with E-state index in [9.17, 15) is 4.79 Å². The van der Waals surface area contributed by atoms with Crippen LogP contribution in [0.3, 0.4) is 0 Å². The number of amides is 1. The van der Waals surface area contributed by atoms with Crippen molar-refractivity contribution in [2.75, 3.05) is 13.7 Å². The minimum atomic E-state index is -0.107. The van der Waals surface area contributed by atoms with Crippen molar-refractivity contribution < 1.29 is 14.3 Å². The average Bonchev–Trinajstić information content (AvgIpc) is 2.91. The number of carbonyl (C=O) groups is 1. The monoisotopic (exact) mass is 451 g/mol. The minimum absolute atomic E-state index is 0.107. The Bertz CT molecular complexity index is 1190. The third-order valence-electron chi connectivity index (χ3n) is 5.66. The van der Waals surface area contributed by atoms with Crippen molar-refractivity contribution in [1.29, 1.82) is 0 Å². The average molecular weight is 452 g/mol. The number of carbonyl (C=O) groups excluding carboxylic acids is 1. The van der Waals surface area contributed by atoms with E-state index in [0.717, 1.165) is 35.3 Å². The van der Waals surface area contributed by atoms with Gasteiger partial charge in [0.25, 0.3) is 5.91 Å². The van der Waals surface area contributed by atoms with Gasteiger partial charge < -0.3 is 14.8 Å². The van der Waals surface area contributed by atoms with Gasteiger partial charge in [0.15, 0.2) is 0 Å². The van der Waals surface area contributed by atoms with E-state index in [1.165, 1.54) is 5.56 Å². The van der Waals surface area contributed by atoms with Gasteiger partial charge in [0.05, 0.1) is 12.7 Å². The number of ether oxygens (including phenoxy) is 2. The van der Waals surface area contributed by atoms with Crippen molar-refractivity contribution in [2.24, 2.45) is 0 Å². The van der Waals surface area contributed by atoms with Gasteiger partial charge in [-0.15, -0.1) is 0 Å². The number of benzene rings is 4. The van der Waals surface area contributed by atoms with E-state index in [1.54, 1.807) is 7.11 Å². The molecule has 0 aromatic heterocycles. The molecule has 0 saturated heterocycles. The standard InChI is InChI=1S/C30H29NO3/c1-33-26-16-14-25(15-17-26)28-19-18-27(34-22-24-11-6-3-7-12-24)21-29(28)30(32)31-20-8-13-23-9-4-2-5-10-23/h2-7,9-12,14-19,21H,8,13,20,22H2,1H3,(H,31,32). The first-order valence-corrected chi connectivity index (χ1v) is 11.5. The number of methoxy groups -OCH3 is 1. The van der Waals surface area contributed by atoms with E-state index in [-0.39, 0.29) is 5.91 Å². The fourth-order valence-electron chi connectivity index (χ4n) is 3.80. The third kappa shape index (κ3) is 6.26. The van der Waals surface area contributed by atoms with Crippen molar-refractivity contribution in [2.45, 2.75) is 19.4 Å². The Morgan fingerprint density at radius 1 is 0.765 bits per heavy atom. The van der Waals surface area contributed by atoms with Gasteiger partial charge in [0, 0.05) is 6.54 Å². The normalized spacial score (nSPS) is 10.5. The highest BCUT2D eigenvalue weighted by Gasteiger charge is 2.15. The molecule has 0 aliphatic carbocycles. The molecule has 0 fully saturated rings. The summed E-state index contributed by atoms with van der Waals surface area (Å²) in [7, 11) is 1.64. The van der Waals surface area contributed by atoms with E-state index in [1.807, 2.05) is 91.0 Å². The highest BCUT2D eigenvalue weighted by molar-refractivity contribution is 6.01. The van der Waals surface area contributed by atoms with Gasteiger partial charge in [-0.25, -0.2) is 0 Å². The molecular weight excluding hydrogens is 422 g/mol. The molecule has 172 valence electrons. The summed E-state index contributed by atoms with van der Waals surface area (Å²) >= 11 is 0. The third-order valence-corrected chi connectivity index (χ3v) is 5.66. The van der Waals surface area contributed by atoms with E-state index in [0.29, 0.717) is 24.5 Å². The van der Waals surface area contributed by atoms with Crippen LogP contribution >= 0.6 is 0 Å². The summed E-state index contributed by atoms with van der Waals surface area (Å²) in [5, 5.41) is 3.08. The Balaban J connectivity index is 1.49. The van der Waals surface area contributed by atoms with Crippen molar-refractivity contribution in [3.63, 3.8) is 0 Å². The van der Waals surface area contributed by atoms with Crippen LogP contribution in [0.25, 0.3) is 11.1 Å². The summed E-state index contributed by atoms with van der Waals surface area (Å²) in [6.07, 6.45) is 1.80. The van der Waals surface area contributed by atoms with Crippen molar-refractivity contribution in [1.82, 2.24) is 5.32 Å². The molecule has 1 N–H and O–H groups in total. The first-order chi connectivity index (χ1) is 16.7. The maximum atomic E-state index is 13.2. The Hall–Kier alpha value is -4.05. The molecule has 4 rings (SSSR count). The van der Waals surface area contributed by atoms with Crippen LogP contribution < -0.4 is 14.8 Å². The zero-order valence-corrected chi connectivity index (χ0v) is 19.4. The van der Waals surface area contributed by atoms with Gasteiger partial charge in [-0.05, 0) is 65.4 Å². The molecule has 0 saturated carbocycles. The zero-order valence-electron chi connectivity index (χ0n) is 19.4. The Kier molecular flexibility index (Phi) is 7.96. The van der Waals surface area contributed by atoms with Crippen LogP contribution in [0.4, 0.5) is 0 Å². The molecule has 4 aromatic carbocycles. The van der Waals surface area contributed by atoms with Crippen molar-refractivity contribution >= 4 is 5.91 Å². The Labute approximate surface area is 201 Å². The van der Waals surface area contributed by atoms with E-state index in [4.69, 9.17) is 9.47 Å². The molecule has 0 aliphatic rings. The molecule has 34 heavy (non-hydrogen) atoms. The van der Waals surface area contributed by atoms with Crippen LogP contribution in [0, 0.1) is 0 Å². The highest BCUT2D eigenvalue weighted by Crippen LogP contribution is 2.29. The van der Waals surface area contributed by atoms with Crippen molar-refractivity contribution in [3.8, 4) is 22.6 Å². The maximum Gasteiger partial charge on any atom is 0.252 e. The summed E-state index contributed by atoms with van der Waals surface area (Å²) < 4.78 is 11.3. The molecule has 0 aliphatic heterocycles. The Morgan fingerprint density at radius 3 is 2.09 bits per heavy atom. The second kappa shape index (κ2) is 11.7. The predicted molar refractivity (Wildman–Crippen MR) is 136 cm³/mol. The van der Waals surface area contributed by atoms with Crippen LogP contribution in [-0.4, -0.2) is 19.6 Å². The number of aryl methyl sites for hydroxylation is 1. The van der Waals surface area contributed by atoms with Crippen LogP contribution in [0.1, 0.15) is 27.9 Å². The zero-order chi connectivity index (χ0) is 23.6. The van der Waals surface area contributed by atoms with Crippen LogP contribution in [0.2, 0.25) is 0 Å². The number of rotatable bonds is 10. The lowest BCUT2D eigenvalue weighted by atomic mass is 9.98. The first-order valence-electron chi connectivity index (χ1n) is 11.5. The SMILES string of the molecule is COc1ccc(-c2ccc(OCc3ccccc3)cc2C(=O)NCCCc2ccccc2)cc1. The van der Waals surface area contributed by atoms with Crippen LogP contribution in [0.5, 0.6) is 11.5 Å².